The van der Waals surface area contributed by atoms with Crippen LogP contribution in [0.5, 0.6) is 17.2 Å². The number of rotatable bonds is 2. The molecular formula is C21H18O5. The van der Waals surface area contributed by atoms with Gasteiger partial charge in [-0.3, -0.25) is 4.79 Å². The maximum atomic E-state index is 13.1. The van der Waals surface area contributed by atoms with Gasteiger partial charge in [-0.2, -0.15) is 0 Å². The standard InChI is InChI=1S/C21H18O5/c1-10-16-13(4-3-5-15(16)26-2)20(24)18-17(10)19(23)12-7-6-11(9-22)8-14(12)21(18)25/h3-5,9,11,23,25H,1,6-8H2,2H3. The highest BCUT2D eigenvalue weighted by Gasteiger charge is 2.37. The second-order valence-corrected chi connectivity index (χ2v) is 6.73. The summed E-state index contributed by atoms with van der Waals surface area (Å²) in [5, 5.41) is 21.7. The first-order valence-corrected chi connectivity index (χ1v) is 8.45. The smallest absolute Gasteiger partial charge is 0.198 e. The number of aldehydes is 1. The Kier molecular flexibility index (Phi) is 3.61. The average Bonchev–Trinajstić information content (AvgIpc) is 2.67. The second-order valence-electron chi connectivity index (χ2n) is 6.73. The lowest BCUT2D eigenvalue weighted by Crippen LogP contribution is -2.21. The number of aromatic hydroxyl groups is 2. The Morgan fingerprint density at radius 3 is 2.58 bits per heavy atom. The first-order chi connectivity index (χ1) is 12.5. The number of carbonyl (C=O) groups excluding carboxylic acids is 2. The van der Waals surface area contributed by atoms with Crippen molar-refractivity contribution in [1.29, 1.82) is 0 Å². The number of ketones is 1. The summed E-state index contributed by atoms with van der Waals surface area (Å²) >= 11 is 0. The van der Waals surface area contributed by atoms with E-state index in [1.165, 1.54) is 7.11 Å². The van der Waals surface area contributed by atoms with Crippen molar-refractivity contribution in [3.63, 3.8) is 0 Å². The molecule has 132 valence electrons. The Balaban J connectivity index is 2.02. The van der Waals surface area contributed by atoms with Gasteiger partial charge in [-0.25, -0.2) is 0 Å². The van der Waals surface area contributed by atoms with E-state index in [4.69, 9.17) is 4.74 Å². The van der Waals surface area contributed by atoms with Gasteiger partial charge in [0, 0.05) is 33.7 Å². The van der Waals surface area contributed by atoms with Crippen LogP contribution in [0.4, 0.5) is 0 Å². The summed E-state index contributed by atoms with van der Waals surface area (Å²) in [6, 6.07) is 5.08. The summed E-state index contributed by atoms with van der Waals surface area (Å²) in [4.78, 5) is 24.3. The van der Waals surface area contributed by atoms with Crippen LogP contribution in [0.3, 0.4) is 0 Å². The molecular weight excluding hydrogens is 332 g/mol. The Morgan fingerprint density at radius 1 is 1.15 bits per heavy atom. The van der Waals surface area contributed by atoms with Gasteiger partial charge in [0.2, 0.25) is 0 Å². The minimum atomic E-state index is -0.384. The molecule has 2 aromatic rings. The van der Waals surface area contributed by atoms with Crippen molar-refractivity contribution in [3.05, 3.63) is 58.2 Å². The van der Waals surface area contributed by atoms with Crippen molar-refractivity contribution < 1.29 is 24.5 Å². The molecule has 1 unspecified atom stereocenters. The molecule has 0 bridgehead atoms. The van der Waals surface area contributed by atoms with Gasteiger partial charge in [0.1, 0.15) is 23.5 Å². The third kappa shape index (κ3) is 2.03. The van der Waals surface area contributed by atoms with E-state index in [1.54, 1.807) is 18.2 Å². The molecule has 5 nitrogen and oxygen atoms in total. The van der Waals surface area contributed by atoms with Gasteiger partial charge in [-0.15, -0.1) is 0 Å². The summed E-state index contributed by atoms with van der Waals surface area (Å²) < 4.78 is 5.36. The molecule has 0 fully saturated rings. The van der Waals surface area contributed by atoms with E-state index < -0.39 is 0 Å². The summed E-state index contributed by atoms with van der Waals surface area (Å²) in [7, 11) is 1.51. The molecule has 2 aromatic carbocycles. The minimum absolute atomic E-state index is 0.0351. The molecule has 0 amide bonds. The highest BCUT2D eigenvalue weighted by molar-refractivity contribution is 6.21. The Morgan fingerprint density at radius 2 is 1.88 bits per heavy atom. The zero-order chi connectivity index (χ0) is 18.6. The van der Waals surface area contributed by atoms with Crippen LogP contribution in [0.1, 0.15) is 44.6 Å². The molecule has 5 heteroatoms. The first kappa shape index (κ1) is 16.4. The lowest BCUT2D eigenvalue weighted by molar-refractivity contribution is -0.111. The van der Waals surface area contributed by atoms with Crippen molar-refractivity contribution in [3.8, 4) is 17.2 Å². The number of hydrogen-bond donors (Lipinski definition) is 2. The van der Waals surface area contributed by atoms with Crippen molar-refractivity contribution >= 4 is 17.6 Å². The van der Waals surface area contributed by atoms with Gasteiger partial charge < -0.3 is 19.7 Å². The predicted molar refractivity (Wildman–Crippen MR) is 95.9 cm³/mol. The molecule has 2 aliphatic carbocycles. The number of fused-ring (bicyclic) bond motifs is 3. The van der Waals surface area contributed by atoms with Gasteiger partial charge in [0.05, 0.1) is 12.7 Å². The van der Waals surface area contributed by atoms with E-state index in [9.17, 15) is 19.8 Å². The molecule has 0 saturated carbocycles. The maximum absolute atomic E-state index is 13.1. The van der Waals surface area contributed by atoms with Gasteiger partial charge in [-0.05, 0) is 30.9 Å². The molecule has 26 heavy (non-hydrogen) atoms. The number of phenolic OH excluding ortho intramolecular Hbond substituents is 2. The van der Waals surface area contributed by atoms with E-state index in [1.807, 2.05) is 0 Å². The normalized spacial score (nSPS) is 18.0. The quantitative estimate of drug-likeness (QED) is 0.548. The molecule has 0 saturated heterocycles. The van der Waals surface area contributed by atoms with Crippen molar-refractivity contribution in [2.45, 2.75) is 19.3 Å². The lowest BCUT2D eigenvalue weighted by Gasteiger charge is -2.30. The number of benzene rings is 2. The summed E-state index contributed by atoms with van der Waals surface area (Å²) in [5.74, 6) is -0.305. The van der Waals surface area contributed by atoms with Crippen LogP contribution in [0.25, 0.3) is 5.57 Å². The van der Waals surface area contributed by atoms with Crippen LogP contribution < -0.4 is 4.74 Å². The van der Waals surface area contributed by atoms with Gasteiger partial charge >= 0.3 is 0 Å². The lowest BCUT2D eigenvalue weighted by atomic mass is 9.75. The van der Waals surface area contributed by atoms with Gasteiger partial charge in [0.15, 0.2) is 5.78 Å². The highest BCUT2D eigenvalue weighted by Crippen LogP contribution is 2.50. The fourth-order valence-corrected chi connectivity index (χ4v) is 4.10. The Hall–Kier alpha value is -3.08. The van der Waals surface area contributed by atoms with Crippen molar-refractivity contribution in [1.82, 2.24) is 0 Å². The topological polar surface area (TPSA) is 83.8 Å². The predicted octanol–water partition coefficient (Wildman–Crippen LogP) is 3.02. The molecule has 0 aromatic heterocycles. The Labute approximate surface area is 150 Å². The van der Waals surface area contributed by atoms with E-state index in [-0.39, 0.29) is 34.3 Å². The van der Waals surface area contributed by atoms with E-state index in [0.717, 1.165) is 6.29 Å². The fourth-order valence-electron chi connectivity index (χ4n) is 4.10. The maximum Gasteiger partial charge on any atom is 0.198 e. The van der Waals surface area contributed by atoms with Crippen molar-refractivity contribution in [2.24, 2.45) is 5.92 Å². The summed E-state index contributed by atoms with van der Waals surface area (Å²) in [6.45, 7) is 4.06. The molecule has 0 radical (unpaired) electrons. The monoisotopic (exact) mass is 350 g/mol. The average molecular weight is 350 g/mol. The zero-order valence-corrected chi connectivity index (χ0v) is 14.3. The Bertz CT molecular complexity index is 987. The zero-order valence-electron chi connectivity index (χ0n) is 14.3. The van der Waals surface area contributed by atoms with Gasteiger partial charge in [0.25, 0.3) is 0 Å². The van der Waals surface area contributed by atoms with E-state index in [0.29, 0.717) is 52.8 Å². The molecule has 1 atom stereocenters. The summed E-state index contributed by atoms with van der Waals surface area (Å²) in [5.41, 5.74) is 2.73. The number of methoxy groups -OCH3 is 1. The summed E-state index contributed by atoms with van der Waals surface area (Å²) in [6.07, 6.45) is 2.24. The van der Waals surface area contributed by atoms with Crippen LogP contribution >= 0.6 is 0 Å². The third-order valence-corrected chi connectivity index (χ3v) is 5.40. The molecule has 0 heterocycles. The molecule has 0 spiro atoms. The minimum Gasteiger partial charge on any atom is -0.507 e. The SMILES string of the molecule is C=C1c2c(OC)cccc2C(=O)c2c(O)c3c(c(O)c21)CCC(C=O)C3. The molecule has 0 aliphatic heterocycles. The molecule has 4 rings (SSSR count). The first-order valence-electron chi connectivity index (χ1n) is 8.45. The van der Waals surface area contributed by atoms with Crippen LogP contribution in [0.2, 0.25) is 0 Å². The highest BCUT2D eigenvalue weighted by atomic mass is 16.5. The van der Waals surface area contributed by atoms with E-state index in [2.05, 4.69) is 6.58 Å². The van der Waals surface area contributed by atoms with Gasteiger partial charge in [-0.1, -0.05) is 18.7 Å². The van der Waals surface area contributed by atoms with Crippen LogP contribution in [-0.4, -0.2) is 29.4 Å². The third-order valence-electron chi connectivity index (χ3n) is 5.40. The number of hydrogen-bond acceptors (Lipinski definition) is 5. The molecule has 2 N–H and O–H groups in total. The largest absolute Gasteiger partial charge is 0.507 e. The fraction of sp³-hybridized carbons (Fsp3) is 0.238. The number of ether oxygens (including phenoxy) is 1. The number of carbonyl (C=O) groups is 2. The van der Waals surface area contributed by atoms with E-state index >= 15 is 0 Å². The molecule has 2 aliphatic rings. The van der Waals surface area contributed by atoms with Crippen LogP contribution in [0.15, 0.2) is 24.8 Å². The van der Waals surface area contributed by atoms with Crippen LogP contribution in [-0.2, 0) is 17.6 Å². The van der Waals surface area contributed by atoms with Crippen molar-refractivity contribution in [2.75, 3.05) is 7.11 Å². The number of phenols is 2. The van der Waals surface area contributed by atoms with Crippen LogP contribution in [0, 0.1) is 5.92 Å². The second kappa shape index (κ2) is 5.73.